The Morgan fingerprint density at radius 1 is 1.35 bits per heavy atom. The van der Waals surface area contributed by atoms with Crippen molar-refractivity contribution in [2.75, 3.05) is 19.0 Å². The van der Waals surface area contributed by atoms with Crippen LogP contribution in [0.2, 0.25) is 0 Å². The minimum absolute atomic E-state index is 0.559. The van der Waals surface area contributed by atoms with Crippen LogP contribution < -0.4 is 15.0 Å². The van der Waals surface area contributed by atoms with Crippen LogP contribution in [0.5, 0.6) is 5.75 Å². The molecule has 2 aromatic heterocycles. The first-order chi connectivity index (χ1) is 12.7. The van der Waals surface area contributed by atoms with Gasteiger partial charge in [0.15, 0.2) is 10.6 Å². The monoisotopic (exact) mass is 405 g/mol. The summed E-state index contributed by atoms with van der Waals surface area (Å²) in [5, 5.41) is 11.0. The van der Waals surface area contributed by atoms with Crippen molar-refractivity contribution in [1.82, 2.24) is 9.78 Å². The van der Waals surface area contributed by atoms with Gasteiger partial charge in [0.2, 0.25) is 5.13 Å². The van der Waals surface area contributed by atoms with Crippen molar-refractivity contribution in [3.05, 3.63) is 50.6 Å². The van der Waals surface area contributed by atoms with E-state index in [1.807, 2.05) is 40.3 Å². The number of hydrogen-bond donors (Lipinski definition) is 2. The summed E-state index contributed by atoms with van der Waals surface area (Å²) < 4.78 is 8.15. The molecule has 1 aliphatic rings. The number of para-hydroxylation sites is 2. The Hall–Kier alpha value is -1.74. The highest BCUT2D eigenvalue weighted by molar-refractivity contribution is 7.73. The van der Waals surface area contributed by atoms with Crippen LogP contribution >= 0.6 is 34.9 Å². The van der Waals surface area contributed by atoms with E-state index in [-0.39, 0.29) is 0 Å². The van der Waals surface area contributed by atoms with Gasteiger partial charge in [-0.05, 0) is 35.8 Å². The first-order valence-electron chi connectivity index (χ1n) is 8.60. The van der Waals surface area contributed by atoms with Gasteiger partial charge in [0.25, 0.3) is 0 Å². The van der Waals surface area contributed by atoms with Gasteiger partial charge in [-0.15, -0.1) is 16.4 Å². The molecule has 1 fully saturated rings. The van der Waals surface area contributed by atoms with Crippen molar-refractivity contribution in [1.29, 1.82) is 0 Å². The zero-order chi connectivity index (χ0) is 17.9. The minimum atomic E-state index is 0.559. The Kier molecular flexibility index (Phi) is 5.35. The maximum atomic E-state index is 5.56. The number of anilines is 2. The highest BCUT2D eigenvalue weighted by Crippen LogP contribution is 2.28. The zero-order valence-corrected chi connectivity index (χ0v) is 16.9. The van der Waals surface area contributed by atoms with E-state index in [1.54, 1.807) is 7.11 Å². The van der Waals surface area contributed by atoms with Crippen LogP contribution in [0.25, 0.3) is 0 Å². The second kappa shape index (κ2) is 7.87. The van der Waals surface area contributed by atoms with Gasteiger partial charge >= 0.3 is 0 Å². The summed E-state index contributed by atoms with van der Waals surface area (Å²) in [6.45, 7) is 1.97. The number of ether oxygens (including phenoxy) is 1. The number of hydrogen-bond acceptors (Lipinski definition) is 6. The minimum Gasteiger partial charge on any atom is -0.495 e. The Bertz CT molecular complexity index is 919. The molecule has 0 amide bonds. The maximum absolute atomic E-state index is 5.56. The van der Waals surface area contributed by atoms with Gasteiger partial charge in [0.1, 0.15) is 11.8 Å². The molecule has 1 unspecified atom stereocenters. The summed E-state index contributed by atoms with van der Waals surface area (Å²) in [6.07, 6.45) is 2.49. The molecule has 3 aromatic rings. The average molecular weight is 406 g/mol. The summed E-state index contributed by atoms with van der Waals surface area (Å²) in [4.78, 5) is 3.00. The zero-order valence-electron chi connectivity index (χ0n) is 14.5. The van der Waals surface area contributed by atoms with Crippen LogP contribution in [0.3, 0.4) is 0 Å². The fourth-order valence-corrected chi connectivity index (χ4v) is 5.38. The molecule has 1 saturated heterocycles. The van der Waals surface area contributed by atoms with Crippen molar-refractivity contribution < 1.29 is 9.64 Å². The van der Waals surface area contributed by atoms with Crippen LogP contribution in [0.4, 0.5) is 10.8 Å². The number of thiophene rings is 1. The molecule has 3 heterocycles. The van der Waals surface area contributed by atoms with Gasteiger partial charge in [0.05, 0.1) is 24.2 Å². The van der Waals surface area contributed by atoms with Gasteiger partial charge in [-0.25, -0.2) is 0 Å². The smallest absolute Gasteiger partial charge is 0.209 e. The molecule has 0 spiro atoms. The van der Waals surface area contributed by atoms with E-state index in [2.05, 4.69) is 22.8 Å². The van der Waals surface area contributed by atoms with E-state index < -0.39 is 0 Å². The number of rotatable bonds is 6. The van der Waals surface area contributed by atoms with Gasteiger partial charge < -0.3 is 15.0 Å². The summed E-state index contributed by atoms with van der Waals surface area (Å²) in [6, 6.07) is 12.8. The van der Waals surface area contributed by atoms with Gasteiger partial charge in [0, 0.05) is 12.8 Å². The van der Waals surface area contributed by atoms with E-state index in [0.29, 0.717) is 6.04 Å². The van der Waals surface area contributed by atoms with E-state index in [9.17, 15) is 0 Å². The highest BCUT2D eigenvalue weighted by atomic mass is 32.1. The quantitative estimate of drug-likeness (QED) is 0.611. The number of methoxy groups -OCH3 is 1. The standard InChI is InChI=1S/C18H20N4OS3/c1-23-15-8-3-2-6-13(15)19-17-20-22(18(24)26-17)12-21-10-4-7-14(21)16-9-5-11-25-16/h2-3,5-6,8-9,11,14H,4,7,10,12H2,1H3,(H,19,20)/p+1/t14-/m1/s1. The maximum Gasteiger partial charge on any atom is 0.209 e. The molecule has 26 heavy (non-hydrogen) atoms. The lowest BCUT2D eigenvalue weighted by Crippen LogP contribution is -3.09. The normalized spacial score (nSPS) is 19.6. The molecule has 1 aliphatic heterocycles. The molecule has 2 atom stereocenters. The first-order valence-corrected chi connectivity index (χ1v) is 10.7. The van der Waals surface area contributed by atoms with Gasteiger partial charge in [-0.2, -0.15) is 4.68 Å². The summed E-state index contributed by atoms with van der Waals surface area (Å²) in [5.74, 6) is 0.795. The van der Waals surface area contributed by atoms with E-state index in [0.717, 1.165) is 33.7 Å². The Morgan fingerprint density at radius 3 is 3.04 bits per heavy atom. The van der Waals surface area contributed by atoms with E-state index >= 15 is 0 Å². The van der Waals surface area contributed by atoms with Crippen LogP contribution in [0.1, 0.15) is 23.8 Å². The molecule has 2 N–H and O–H groups in total. The number of nitrogens with zero attached hydrogens (tertiary/aromatic N) is 2. The summed E-state index contributed by atoms with van der Waals surface area (Å²) in [5.41, 5.74) is 0.899. The lowest BCUT2D eigenvalue weighted by Gasteiger charge is -2.20. The van der Waals surface area contributed by atoms with Crippen molar-refractivity contribution >= 4 is 45.7 Å². The molecule has 1 aromatic carbocycles. The molecule has 8 heteroatoms. The van der Waals surface area contributed by atoms with Crippen molar-refractivity contribution in [3.8, 4) is 5.75 Å². The van der Waals surface area contributed by atoms with Crippen molar-refractivity contribution in [3.63, 3.8) is 0 Å². The highest BCUT2D eigenvalue weighted by Gasteiger charge is 2.31. The molecule has 0 radical (unpaired) electrons. The summed E-state index contributed by atoms with van der Waals surface area (Å²) in [7, 11) is 1.67. The Balaban J connectivity index is 1.51. The van der Waals surface area contributed by atoms with E-state index in [4.69, 9.17) is 22.1 Å². The SMILES string of the molecule is COc1ccccc1Nc1nn(C[NH+]2CCC[C@@H]2c2cccs2)c(=S)s1. The van der Waals surface area contributed by atoms with Gasteiger partial charge in [-0.3, -0.25) is 0 Å². The Morgan fingerprint density at radius 2 is 2.23 bits per heavy atom. The molecule has 0 aliphatic carbocycles. The topological polar surface area (TPSA) is 43.5 Å². The van der Waals surface area contributed by atoms with Crippen molar-refractivity contribution in [2.24, 2.45) is 0 Å². The summed E-state index contributed by atoms with van der Waals surface area (Å²) >= 11 is 8.91. The number of benzene rings is 1. The van der Waals surface area contributed by atoms with Crippen LogP contribution in [0, 0.1) is 3.95 Å². The molecular weight excluding hydrogens is 384 g/mol. The predicted molar refractivity (Wildman–Crippen MR) is 109 cm³/mol. The van der Waals surface area contributed by atoms with Crippen LogP contribution in [-0.4, -0.2) is 23.4 Å². The number of aromatic nitrogens is 2. The Labute approximate surface area is 165 Å². The lowest BCUT2D eigenvalue weighted by atomic mass is 10.2. The molecule has 0 bridgehead atoms. The molecule has 5 nitrogen and oxygen atoms in total. The fourth-order valence-electron chi connectivity index (χ4n) is 3.45. The second-order valence-electron chi connectivity index (χ2n) is 6.27. The average Bonchev–Trinajstić information content (AvgIpc) is 3.38. The second-order valence-corrected chi connectivity index (χ2v) is 8.88. The third-order valence-corrected chi connectivity index (χ3v) is 6.89. The molecule has 136 valence electrons. The predicted octanol–water partition coefficient (Wildman–Crippen LogP) is 3.87. The van der Waals surface area contributed by atoms with Crippen LogP contribution in [0.15, 0.2) is 41.8 Å². The number of likely N-dealkylation sites (tertiary alicyclic amines) is 1. The first kappa shape index (κ1) is 17.7. The third-order valence-electron chi connectivity index (χ3n) is 4.68. The molecule has 0 saturated carbocycles. The number of quaternary nitrogens is 1. The largest absolute Gasteiger partial charge is 0.495 e. The molecular formula is C18H21N4OS3+. The third kappa shape index (κ3) is 3.68. The van der Waals surface area contributed by atoms with E-state index in [1.165, 1.54) is 34.0 Å². The van der Waals surface area contributed by atoms with Crippen molar-refractivity contribution in [2.45, 2.75) is 25.6 Å². The molecule has 4 rings (SSSR count). The fraction of sp³-hybridized carbons (Fsp3) is 0.333. The van der Waals surface area contributed by atoms with Gasteiger partial charge in [-0.1, -0.05) is 29.5 Å². The van der Waals surface area contributed by atoms with Crippen LogP contribution in [-0.2, 0) is 6.67 Å². The lowest BCUT2D eigenvalue weighted by molar-refractivity contribution is -0.941. The number of nitrogens with one attached hydrogen (secondary N) is 2.